The van der Waals surface area contributed by atoms with Gasteiger partial charge in [-0.3, -0.25) is 0 Å². The van der Waals surface area contributed by atoms with Crippen LogP contribution in [0.5, 0.6) is 5.75 Å². The molecule has 0 saturated heterocycles. The molecule has 0 amide bonds. The van der Waals surface area contributed by atoms with E-state index in [1.165, 1.54) is 0 Å². The third kappa shape index (κ3) is 3.68. The van der Waals surface area contributed by atoms with E-state index in [9.17, 15) is 22.0 Å². The molecule has 0 spiro atoms. The lowest BCUT2D eigenvalue weighted by Gasteiger charge is -2.13. The third-order valence-electron chi connectivity index (χ3n) is 1.36. The van der Waals surface area contributed by atoms with Crippen LogP contribution in [0.25, 0.3) is 0 Å². The molecule has 1 heterocycles. The molecule has 0 radical (unpaired) electrons. The molecule has 1 aromatic rings. The Hall–Kier alpha value is -0.190. The van der Waals surface area contributed by atoms with Gasteiger partial charge in [-0.05, 0) is 44.6 Å². The van der Waals surface area contributed by atoms with Gasteiger partial charge in [0.25, 0.3) is 6.43 Å². The molecule has 0 aliphatic carbocycles. The van der Waals surface area contributed by atoms with Gasteiger partial charge in [0.15, 0.2) is 5.75 Å². The van der Waals surface area contributed by atoms with Crippen LogP contribution in [0.3, 0.4) is 0 Å². The second-order valence-corrected chi connectivity index (χ2v) is 4.41. The first-order valence-electron chi connectivity index (χ1n) is 3.60. The van der Waals surface area contributed by atoms with Crippen molar-refractivity contribution in [2.24, 2.45) is 0 Å². The number of halogens is 7. The highest BCUT2D eigenvalue weighted by Crippen LogP contribution is 2.34. The summed E-state index contributed by atoms with van der Waals surface area (Å²) in [4.78, 5) is 3.29. The van der Waals surface area contributed by atoms with E-state index in [0.29, 0.717) is 0 Å². The third-order valence-corrected chi connectivity index (χ3v) is 3.53. The standard InChI is InChI=1S/C7H2BrF5INO/c8-5-2(14)1-3(16-7(11,12)13)4(15-5)6(9)10/h1,6H. The topological polar surface area (TPSA) is 22.1 Å². The molecule has 0 aromatic carbocycles. The van der Waals surface area contributed by atoms with Gasteiger partial charge >= 0.3 is 6.36 Å². The second-order valence-electron chi connectivity index (χ2n) is 2.49. The summed E-state index contributed by atoms with van der Waals surface area (Å²) in [5.74, 6) is -0.991. The summed E-state index contributed by atoms with van der Waals surface area (Å²) in [5.41, 5.74) is -1.05. The number of rotatable bonds is 2. The van der Waals surface area contributed by atoms with E-state index in [1.54, 1.807) is 22.6 Å². The first-order valence-corrected chi connectivity index (χ1v) is 5.47. The molecule has 0 atom stereocenters. The molecule has 0 N–H and O–H groups in total. The minimum Gasteiger partial charge on any atom is -0.404 e. The molecule has 0 bridgehead atoms. The van der Waals surface area contributed by atoms with Crippen molar-refractivity contribution < 1.29 is 26.7 Å². The Morgan fingerprint density at radius 2 is 1.94 bits per heavy atom. The Balaban J connectivity index is 3.20. The van der Waals surface area contributed by atoms with E-state index in [1.807, 2.05) is 0 Å². The van der Waals surface area contributed by atoms with Crippen molar-refractivity contribution in [3.05, 3.63) is 19.9 Å². The lowest BCUT2D eigenvalue weighted by Crippen LogP contribution is -2.19. The summed E-state index contributed by atoms with van der Waals surface area (Å²) in [6, 6.07) is 0.840. The lowest BCUT2D eigenvalue weighted by atomic mass is 10.3. The molecule has 16 heavy (non-hydrogen) atoms. The van der Waals surface area contributed by atoms with E-state index < -0.39 is 24.2 Å². The lowest BCUT2D eigenvalue weighted by molar-refractivity contribution is -0.275. The van der Waals surface area contributed by atoms with Crippen LogP contribution in [0.15, 0.2) is 10.7 Å². The van der Waals surface area contributed by atoms with Gasteiger partial charge in [0.1, 0.15) is 10.3 Å². The van der Waals surface area contributed by atoms with E-state index in [2.05, 4.69) is 25.7 Å². The summed E-state index contributed by atoms with van der Waals surface area (Å²) in [5, 5.41) is 0. The fourth-order valence-corrected chi connectivity index (χ4v) is 1.53. The first kappa shape index (κ1) is 13.9. The fourth-order valence-electron chi connectivity index (χ4n) is 0.826. The Morgan fingerprint density at radius 3 is 2.38 bits per heavy atom. The van der Waals surface area contributed by atoms with Crippen LogP contribution >= 0.6 is 38.5 Å². The number of ether oxygens (including phenoxy) is 1. The quantitative estimate of drug-likeness (QED) is 0.407. The Kier molecular flexibility index (Phi) is 4.32. The number of hydrogen-bond donors (Lipinski definition) is 0. The zero-order chi connectivity index (χ0) is 12.5. The predicted molar refractivity (Wildman–Crippen MR) is 56.3 cm³/mol. The minimum atomic E-state index is -5.03. The molecule has 1 aromatic heterocycles. The van der Waals surface area contributed by atoms with E-state index in [4.69, 9.17) is 0 Å². The Morgan fingerprint density at radius 1 is 1.38 bits per heavy atom. The smallest absolute Gasteiger partial charge is 0.404 e. The van der Waals surface area contributed by atoms with Gasteiger partial charge in [-0.25, -0.2) is 13.8 Å². The minimum absolute atomic E-state index is 0.0397. The average molecular weight is 418 g/mol. The van der Waals surface area contributed by atoms with Crippen LogP contribution in [0.4, 0.5) is 22.0 Å². The van der Waals surface area contributed by atoms with Crippen molar-refractivity contribution in [1.29, 1.82) is 0 Å². The van der Waals surface area contributed by atoms with Crippen molar-refractivity contribution >= 4 is 38.5 Å². The van der Waals surface area contributed by atoms with Gasteiger partial charge in [-0.2, -0.15) is 0 Å². The first-order chi connectivity index (χ1) is 7.20. The van der Waals surface area contributed by atoms with Crippen molar-refractivity contribution in [3.8, 4) is 5.75 Å². The molecule has 0 aliphatic heterocycles. The SMILES string of the molecule is FC(F)c1nc(Br)c(I)cc1OC(F)(F)F. The van der Waals surface area contributed by atoms with E-state index in [0.717, 1.165) is 6.07 Å². The van der Waals surface area contributed by atoms with Gasteiger partial charge in [0.2, 0.25) is 0 Å². The van der Waals surface area contributed by atoms with Gasteiger partial charge in [-0.15, -0.1) is 13.2 Å². The molecular formula is C7H2BrF5INO. The van der Waals surface area contributed by atoms with Gasteiger partial charge < -0.3 is 4.74 Å². The highest BCUT2D eigenvalue weighted by Gasteiger charge is 2.34. The van der Waals surface area contributed by atoms with Crippen LogP contribution in [0, 0.1) is 3.57 Å². The molecule has 90 valence electrons. The zero-order valence-electron chi connectivity index (χ0n) is 7.16. The Labute approximate surface area is 108 Å². The van der Waals surface area contributed by atoms with Crippen molar-refractivity contribution in [1.82, 2.24) is 4.98 Å². The van der Waals surface area contributed by atoms with E-state index >= 15 is 0 Å². The number of nitrogens with zero attached hydrogens (tertiary/aromatic N) is 1. The monoisotopic (exact) mass is 417 g/mol. The molecule has 2 nitrogen and oxygen atoms in total. The normalized spacial score (nSPS) is 12.0. The van der Waals surface area contributed by atoms with Crippen LogP contribution in [-0.4, -0.2) is 11.3 Å². The van der Waals surface area contributed by atoms with Gasteiger partial charge in [-0.1, -0.05) is 0 Å². The van der Waals surface area contributed by atoms with Gasteiger partial charge in [0, 0.05) is 3.57 Å². The fraction of sp³-hybridized carbons (Fsp3) is 0.286. The molecule has 0 aliphatic rings. The number of aromatic nitrogens is 1. The average Bonchev–Trinajstić information content (AvgIpc) is 2.07. The van der Waals surface area contributed by atoms with Crippen LogP contribution in [-0.2, 0) is 0 Å². The summed E-state index contributed by atoms with van der Waals surface area (Å²) in [6.07, 6.45) is -8.17. The highest BCUT2D eigenvalue weighted by molar-refractivity contribution is 14.1. The maximum absolute atomic E-state index is 12.4. The van der Waals surface area contributed by atoms with Crippen LogP contribution < -0.4 is 4.74 Å². The number of hydrogen-bond acceptors (Lipinski definition) is 2. The zero-order valence-corrected chi connectivity index (χ0v) is 10.9. The maximum atomic E-state index is 12.4. The predicted octanol–water partition coefficient (Wildman–Crippen LogP) is 4.28. The summed E-state index contributed by atoms with van der Waals surface area (Å²) < 4.78 is 64.2. The molecule has 0 unspecified atom stereocenters. The molecule has 0 fully saturated rings. The summed E-state index contributed by atoms with van der Waals surface area (Å²) in [7, 11) is 0. The number of pyridine rings is 1. The van der Waals surface area contributed by atoms with Gasteiger partial charge in [0.05, 0.1) is 0 Å². The molecule has 9 heteroatoms. The summed E-state index contributed by atoms with van der Waals surface area (Å²) in [6.45, 7) is 0. The molecular weight excluding hydrogens is 416 g/mol. The summed E-state index contributed by atoms with van der Waals surface area (Å²) >= 11 is 4.48. The molecule has 1 rings (SSSR count). The van der Waals surface area contributed by atoms with Crippen molar-refractivity contribution in [3.63, 3.8) is 0 Å². The Bertz CT molecular complexity index is 397. The van der Waals surface area contributed by atoms with Crippen molar-refractivity contribution in [2.75, 3.05) is 0 Å². The highest BCUT2D eigenvalue weighted by atomic mass is 127. The van der Waals surface area contributed by atoms with Crippen molar-refractivity contribution in [2.45, 2.75) is 12.8 Å². The maximum Gasteiger partial charge on any atom is 0.573 e. The van der Waals surface area contributed by atoms with Crippen LogP contribution in [0.2, 0.25) is 0 Å². The largest absolute Gasteiger partial charge is 0.573 e. The van der Waals surface area contributed by atoms with Crippen LogP contribution in [0.1, 0.15) is 12.1 Å². The molecule has 0 saturated carbocycles. The number of alkyl halides is 5. The second kappa shape index (κ2) is 4.98. The van der Waals surface area contributed by atoms with E-state index in [-0.39, 0.29) is 8.17 Å².